The molecule has 180 valence electrons. The van der Waals surface area contributed by atoms with Gasteiger partial charge in [0.25, 0.3) is 0 Å². The van der Waals surface area contributed by atoms with Crippen LogP contribution in [0.25, 0.3) is 0 Å². The molecule has 0 heterocycles. The molecule has 6 nitrogen and oxygen atoms in total. The van der Waals surface area contributed by atoms with Crippen LogP contribution in [0.5, 0.6) is 0 Å². The molecule has 0 saturated carbocycles. The molecule has 1 aromatic rings. The predicted molar refractivity (Wildman–Crippen MR) is 137 cm³/mol. The van der Waals surface area contributed by atoms with E-state index in [0.29, 0.717) is 12.2 Å². The van der Waals surface area contributed by atoms with E-state index in [1.165, 1.54) is 12.0 Å². The summed E-state index contributed by atoms with van der Waals surface area (Å²) in [7, 11) is 2.12. The first-order valence-corrected chi connectivity index (χ1v) is 11.4. The van der Waals surface area contributed by atoms with E-state index in [1.54, 1.807) is 6.08 Å². The van der Waals surface area contributed by atoms with Gasteiger partial charge in [0, 0.05) is 28.7 Å². The molecule has 1 rings (SSSR count). The molecule has 2 N–H and O–H groups in total. The standard InChI is InChI=1S/C22H30BrNO.C4H4O4/c1-5-15-24(4)16-7-10-18(2)8-6-9-19(3)17-22(25)20-11-13-21(23)14-12-20;5-3(6)1-2-4(7)8/h5,8,11-14,17H,1,6-7,9-10,15-16H2,2-4H3;1-2H,(H,5,6)(H,7,8). The van der Waals surface area contributed by atoms with E-state index in [4.69, 9.17) is 10.2 Å². The summed E-state index contributed by atoms with van der Waals surface area (Å²) < 4.78 is 0.987. The number of aliphatic carboxylic acids is 2. The Balaban J connectivity index is 0.00000109. The average molecular weight is 520 g/mol. The number of nitrogens with zero attached hydrogens (tertiary/aromatic N) is 1. The molecule has 0 radical (unpaired) electrons. The Hall–Kier alpha value is -2.77. The van der Waals surface area contributed by atoms with E-state index in [9.17, 15) is 14.4 Å². The molecule has 0 fully saturated rings. The first-order chi connectivity index (χ1) is 15.5. The fourth-order valence-electron chi connectivity index (χ4n) is 2.72. The number of halogens is 1. The van der Waals surface area contributed by atoms with Crippen molar-refractivity contribution in [2.45, 2.75) is 39.5 Å². The summed E-state index contributed by atoms with van der Waals surface area (Å²) in [6.45, 7) is 10.0. The second-order valence-corrected chi connectivity index (χ2v) is 8.53. The third-order valence-electron chi connectivity index (χ3n) is 4.46. The molecule has 0 aliphatic carbocycles. The van der Waals surface area contributed by atoms with Crippen LogP contribution in [0.1, 0.15) is 49.9 Å². The molecule has 33 heavy (non-hydrogen) atoms. The van der Waals surface area contributed by atoms with E-state index in [1.807, 2.05) is 37.3 Å². The van der Waals surface area contributed by atoms with E-state index in [2.05, 4.69) is 47.5 Å². The average Bonchev–Trinajstić information content (AvgIpc) is 2.73. The van der Waals surface area contributed by atoms with Gasteiger partial charge in [-0.05, 0) is 83.5 Å². The minimum Gasteiger partial charge on any atom is -0.478 e. The molecule has 0 atom stereocenters. The highest BCUT2D eigenvalue weighted by atomic mass is 79.9. The lowest BCUT2D eigenvalue weighted by molar-refractivity contribution is -0.134. The van der Waals surface area contributed by atoms with Gasteiger partial charge in [0.15, 0.2) is 5.78 Å². The summed E-state index contributed by atoms with van der Waals surface area (Å²) in [5.41, 5.74) is 3.29. The number of carboxylic acid groups (broad SMARTS) is 2. The van der Waals surface area contributed by atoms with Crippen molar-refractivity contribution in [3.05, 3.63) is 82.4 Å². The Kier molecular flexibility index (Phi) is 16.3. The van der Waals surface area contributed by atoms with Crippen LogP contribution < -0.4 is 0 Å². The van der Waals surface area contributed by atoms with Crippen LogP contribution in [0, 0.1) is 0 Å². The molecule has 0 amide bonds. The quantitative estimate of drug-likeness (QED) is 0.191. The second-order valence-electron chi connectivity index (χ2n) is 7.62. The fourth-order valence-corrected chi connectivity index (χ4v) is 2.99. The maximum Gasteiger partial charge on any atom is 0.328 e. The van der Waals surface area contributed by atoms with E-state index in [-0.39, 0.29) is 5.78 Å². The molecule has 0 bridgehead atoms. The summed E-state index contributed by atoms with van der Waals surface area (Å²) in [6.07, 6.45) is 11.3. The van der Waals surface area contributed by atoms with Gasteiger partial charge in [0.2, 0.25) is 0 Å². The third-order valence-corrected chi connectivity index (χ3v) is 4.99. The summed E-state index contributed by atoms with van der Waals surface area (Å²) in [5, 5.41) is 15.6. The Bertz CT molecular complexity index is 853. The van der Waals surface area contributed by atoms with Crippen molar-refractivity contribution in [3.63, 3.8) is 0 Å². The highest BCUT2D eigenvalue weighted by Gasteiger charge is 2.03. The lowest BCUT2D eigenvalue weighted by Gasteiger charge is -2.13. The number of allylic oxidation sites excluding steroid dienone is 4. The normalized spacial score (nSPS) is 11.8. The van der Waals surface area contributed by atoms with Crippen molar-refractivity contribution >= 4 is 33.7 Å². The third kappa shape index (κ3) is 17.5. The van der Waals surface area contributed by atoms with Gasteiger partial charge in [-0.1, -0.05) is 39.2 Å². The first-order valence-electron chi connectivity index (χ1n) is 10.6. The van der Waals surface area contributed by atoms with Gasteiger partial charge in [-0.25, -0.2) is 9.59 Å². The molecular weight excluding hydrogens is 486 g/mol. The largest absolute Gasteiger partial charge is 0.478 e. The maximum absolute atomic E-state index is 12.2. The maximum atomic E-state index is 12.2. The van der Waals surface area contributed by atoms with E-state index in [0.717, 1.165) is 48.0 Å². The molecule has 0 aliphatic rings. The van der Waals surface area contributed by atoms with Crippen molar-refractivity contribution in [1.29, 1.82) is 0 Å². The number of carbonyl (C=O) groups excluding carboxylic acids is 1. The van der Waals surface area contributed by atoms with Crippen LogP contribution in [0.3, 0.4) is 0 Å². The summed E-state index contributed by atoms with van der Waals surface area (Å²) >= 11 is 3.39. The van der Waals surface area contributed by atoms with Gasteiger partial charge in [-0.3, -0.25) is 4.79 Å². The number of likely N-dealkylation sites (N-methyl/N-ethyl adjacent to an activating group) is 1. The van der Waals surface area contributed by atoms with Crippen molar-refractivity contribution in [3.8, 4) is 0 Å². The number of hydrogen-bond acceptors (Lipinski definition) is 4. The van der Waals surface area contributed by atoms with Crippen LogP contribution in [0.2, 0.25) is 0 Å². The van der Waals surface area contributed by atoms with Gasteiger partial charge < -0.3 is 15.1 Å². The SMILES string of the molecule is C=CCN(C)CCCC(C)=CCCC(C)=CC(=O)c1ccc(Br)cc1.O=C(O)C=CC(=O)O. The Morgan fingerprint density at radius 1 is 1.00 bits per heavy atom. The highest BCUT2D eigenvalue weighted by Crippen LogP contribution is 2.14. The minimum absolute atomic E-state index is 0.0796. The van der Waals surface area contributed by atoms with Crippen LogP contribution in [-0.2, 0) is 9.59 Å². The van der Waals surface area contributed by atoms with Crippen molar-refractivity contribution < 1.29 is 24.6 Å². The fraction of sp³-hybridized carbons (Fsp3) is 0.346. The van der Waals surface area contributed by atoms with Gasteiger partial charge in [-0.2, -0.15) is 0 Å². The molecule has 0 aromatic heterocycles. The number of carboxylic acids is 2. The number of hydrogen-bond donors (Lipinski definition) is 2. The molecule has 7 heteroatoms. The van der Waals surface area contributed by atoms with Crippen molar-refractivity contribution in [2.24, 2.45) is 0 Å². The topological polar surface area (TPSA) is 94.9 Å². The Labute approximate surface area is 205 Å². The van der Waals surface area contributed by atoms with Gasteiger partial charge in [0.1, 0.15) is 0 Å². The lowest BCUT2D eigenvalue weighted by atomic mass is 10.0. The zero-order valence-corrected chi connectivity index (χ0v) is 21.2. The zero-order chi connectivity index (χ0) is 25.2. The summed E-state index contributed by atoms with van der Waals surface area (Å²) in [6, 6.07) is 7.50. The smallest absolute Gasteiger partial charge is 0.328 e. The molecule has 0 unspecified atom stereocenters. The molecule has 0 spiro atoms. The van der Waals surface area contributed by atoms with Crippen LogP contribution >= 0.6 is 15.9 Å². The molecule has 0 aliphatic heterocycles. The molecule has 0 saturated heterocycles. The highest BCUT2D eigenvalue weighted by molar-refractivity contribution is 9.10. The summed E-state index contributed by atoms with van der Waals surface area (Å²) in [4.78, 5) is 33.6. The van der Waals surface area contributed by atoms with Crippen molar-refractivity contribution in [2.75, 3.05) is 20.1 Å². The van der Waals surface area contributed by atoms with Gasteiger partial charge in [0.05, 0.1) is 0 Å². The molecule has 1 aromatic carbocycles. The Morgan fingerprint density at radius 3 is 2.09 bits per heavy atom. The van der Waals surface area contributed by atoms with Crippen molar-refractivity contribution in [1.82, 2.24) is 4.90 Å². The van der Waals surface area contributed by atoms with Gasteiger partial charge in [-0.15, -0.1) is 6.58 Å². The van der Waals surface area contributed by atoms with Gasteiger partial charge >= 0.3 is 11.9 Å². The molecular formula is C26H34BrNO5. The number of benzene rings is 1. The monoisotopic (exact) mass is 519 g/mol. The van der Waals surface area contributed by atoms with Crippen LogP contribution in [-0.4, -0.2) is 53.0 Å². The first kappa shape index (κ1) is 30.2. The minimum atomic E-state index is -1.26. The number of ketones is 1. The van der Waals surface area contributed by atoms with Crippen LogP contribution in [0.4, 0.5) is 0 Å². The summed E-state index contributed by atoms with van der Waals surface area (Å²) in [5.74, 6) is -2.43. The lowest BCUT2D eigenvalue weighted by Crippen LogP contribution is -2.19. The predicted octanol–water partition coefficient (Wildman–Crippen LogP) is 5.91. The Morgan fingerprint density at radius 2 is 1.58 bits per heavy atom. The van der Waals surface area contributed by atoms with E-state index < -0.39 is 11.9 Å². The number of rotatable bonds is 13. The zero-order valence-electron chi connectivity index (χ0n) is 19.6. The number of carbonyl (C=O) groups is 3. The van der Waals surface area contributed by atoms with E-state index >= 15 is 0 Å². The van der Waals surface area contributed by atoms with Crippen LogP contribution in [0.15, 0.2) is 76.8 Å². The second kappa shape index (κ2) is 17.7.